The standard InChI is InChI=1S/C27H32N2O4/c1-16-9-7-10-17(2)25(16)29-18(3)13-21(19(29)4)14-23-24(27(31)32-6)20(5)28(26(23)30)15-22-11-8-12-33-22/h7,9-10,13-14,22H,8,11-12,15H2,1-6H3/b23-14-/t22-/m1/s1. The lowest BCUT2D eigenvalue weighted by Crippen LogP contribution is -2.33. The Morgan fingerprint density at radius 2 is 1.88 bits per heavy atom. The molecule has 6 heteroatoms. The molecule has 6 nitrogen and oxygen atoms in total. The van der Waals surface area contributed by atoms with Crippen LogP contribution < -0.4 is 0 Å². The van der Waals surface area contributed by atoms with Crippen LogP contribution >= 0.6 is 0 Å². The zero-order valence-electron chi connectivity index (χ0n) is 20.3. The van der Waals surface area contributed by atoms with Gasteiger partial charge in [0.05, 0.1) is 36.6 Å². The Morgan fingerprint density at radius 3 is 2.48 bits per heavy atom. The van der Waals surface area contributed by atoms with Crippen LogP contribution in [0, 0.1) is 27.7 Å². The van der Waals surface area contributed by atoms with Gasteiger partial charge < -0.3 is 18.9 Å². The van der Waals surface area contributed by atoms with Crippen LogP contribution in [0.1, 0.15) is 47.8 Å². The smallest absolute Gasteiger partial charge is 0.340 e. The van der Waals surface area contributed by atoms with E-state index >= 15 is 0 Å². The molecule has 4 rings (SSSR count). The molecule has 1 aromatic carbocycles. The number of allylic oxidation sites excluding steroid dienone is 1. The molecule has 3 heterocycles. The molecule has 1 saturated heterocycles. The number of nitrogens with zero attached hydrogens (tertiary/aromatic N) is 2. The molecule has 1 fully saturated rings. The van der Waals surface area contributed by atoms with Gasteiger partial charge in [0.25, 0.3) is 5.91 Å². The molecule has 0 N–H and O–H groups in total. The molecule has 2 aliphatic rings. The molecule has 0 bridgehead atoms. The number of esters is 1. The number of carbonyl (C=O) groups is 2. The van der Waals surface area contributed by atoms with Crippen LogP contribution in [0.25, 0.3) is 11.8 Å². The van der Waals surface area contributed by atoms with Gasteiger partial charge in [0.2, 0.25) is 0 Å². The van der Waals surface area contributed by atoms with Crippen molar-refractivity contribution in [2.75, 3.05) is 20.3 Å². The largest absolute Gasteiger partial charge is 0.465 e. The summed E-state index contributed by atoms with van der Waals surface area (Å²) in [6.07, 6.45) is 3.74. The van der Waals surface area contributed by atoms with E-state index in [2.05, 4.69) is 49.6 Å². The summed E-state index contributed by atoms with van der Waals surface area (Å²) in [7, 11) is 1.35. The highest BCUT2D eigenvalue weighted by Crippen LogP contribution is 2.34. The van der Waals surface area contributed by atoms with Gasteiger partial charge in [0.1, 0.15) is 0 Å². The average molecular weight is 449 g/mol. The molecule has 0 unspecified atom stereocenters. The van der Waals surface area contributed by atoms with Gasteiger partial charge in [-0.05, 0) is 76.3 Å². The Labute approximate surface area is 195 Å². The zero-order valence-corrected chi connectivity index (χ0v) is 20.3. The van der Waals surface area contributed by atoms with E-state index in [1.807, 2.05) is 13.0 Å². The Morgan fingerprint density at radius 1 is 1.18 bits per heavy atom. The minimum atomic E-state index is -0.495. The summed E-state index contributed by atoms with van der Waals surface area (Å²) >= 11 is 0. The summed E-state index contributed by atoms with van der Waals surface area (Å²) in [6, 6.07) is 8.32. The third kappa shape index (κ3) is 4.04. The van der Waals surface area contributed by atoms with E-state index in [4.69, 9.17) is 9.47 Å². The number of aromatic nitrogens is 1. The molecular weight excluding hydrogens is 416 g/mol. The zero-order chi connectivity index (χ0) is 23.9. The van der Waals surface area contributed by atoms with Crippen molar-refractivity contribution in [2.24, 2.45) is 0 Å². The lowest BCUT2D eigenvalue weighted by atomic mass is 10.0. The van der Waals surface area contributed by atoms with Gasteiger partial charge in [0.15, 0.2) is 0 Å². The summed E-state index contributed by atoms with van der Waals surface area (Å²) in [5.41, 5.74) is 7.84. The van der Waals surface area contributed by atoms with Gasteiger partial charge in [-0.3, -0.25) is 4.79 Å². The monoisotopic (exact) mass is 448 g/mol. The normalized spacial score (nSPS) is 19.8. The number of amides is 1. The maximum absolute atomic E-state index is 13.5. The second kappa shape index (κ2) is 9.02. The molecule has 0 radical (unpaired) electrons. The van der Waals surface area contributed by atoms with Crippen molar-refractivity contribution in [3.05, 3.63) is 69.2 Å². The molecule has 0 aliphatic carbocycles. The number of para-hydroxylation sites is 1. The quantitative estimate of drug-likeness (QED) is 0.497. The summed E-state index contributed by atoms with van der Waals surface area (Å²) in [6.45, 7) is 11.3. The van der Waals surface area contributed by atoms with Gasteiger partial charge in [0, 0.05) is 23.7 Å². The fraction of sp³-hybridized carbons (Fsp3) is 0.407. The Bertz CT molecular complexity index is 1160. The molecule has 2 aromatic rings. The molecule has 1 amide bonds. The number of ether oxygens (including phenoxy) is 2. The van der Waals surface area contributed by atoms with E-state index in [0.29, 0.717) is 30.0 Å². The van der Waals surface area contributed by atoms with Crippen LogP contribution in [0.2, 0.25) is 0 Å². The minimum absolute atomic E-state index is 0.00348. The van der Waals surface area contributed by atoms with Crippen molar-refractivity contribution in [2.45, 2.75) is 53.6 Å². The number of benzene rings is 1. The van der Waals surface area contributed by atoms with E-state index in [0.717, 1.165) is 35.5 Å². The second-order valence-corrected chi connectivity index (χ2v) is 8.96. The molecule has 174 valence electrons. The number of carbonyl (C=O) groups excluding carboxylic acids is 2. The minimum Gasteiger partial charge on any atom is -0.465 e. The van der Waals surface area contributed by atoms with Gasteiger partial charge in [-0.1, -0.05) is 18.2 Å². The lowest BCUT2D eigenvalue weighted by molar-refractivity contribution is -0.136. The van der Waals surface area contributed by atoms with Gasteiger partial charge in [-0.15, -0.1) is 0 Å². The van der Waals surface area contributed by atoms with Crippen molar-refractivity contribution < 1.29 is 19.1 Å². The number of rotatable bonds is 5. The van der Waals surface area contributed by atoms with Gasteiger partial charge >= 0.3 is 5.97 Å². The van der Waals surface area contributed by atoms with E-state index < -0.39 is 5.97 Å². The summed E-state index contributed by atoms with van der Waals surface area (Å²) in [4.78, 5) is 27.8. The fourth-order valence-corrected chi connectivity index (χ4v) is 5.03. The van der Waals surface area contributed by atoms with E-state index in [-0.39, 0.29) is 12.0 Å². The van der Waals surface area contributed by atoms with Crippen molar-refractivity contribution in [3.8, 4) is 5.69 Å². The summed E-state index contributed by atoms with van der Waals surface area (Å²) < 4.78 is 13.0. The van der Waals surface area contributed by atoms with Gasteiger partial charge in [-0.25, -0.2) is 4.79 Å². The first-order valence-electron chi connectivity index (χ1n) is 11.4. The SMILES string of the molecule is COC(=O)C1=C(C)N(C[C@H]2CCCO2)C(=O)/C1=C\c1cc(C)n(-c2c(C)cccc2C)c1C. The number of hydrogen-bond acceptors (Lipinski definition) is 4. The van der Waals surface area contributed by atoms with Crippen LogP contribution in [0.4, 0.5) is 0 Å². The van der Waals surface area contributed by atoms with Crippen molar-refractivity contribution in [1.29, 1.82) is 0 Å². The van der Waals surface area contributed by atoms with E-state index in [1.54, 1.807) is 11.8 Å². The molecule has 1 aromatic heterocycles. The summed E-state index contributed by atoms with van der Waals surface area (Å²) in [5.74, 6) is -0.675. The Balaban J connectivity index is 1.79. The van der Waals surface area contributed by atoms with Crippen molar-refractivity contribution >= 4 is 18.0 Å². The predicted octanol–water partition coefficient (Wildman–Crippen LogP) is 4.56. The summed E-state index contributed by atoms with van der Waals surface area (Å²) in [5, 5.41) is 0. The lowest BCUT2D eigenvalue weighted by Gasteiger charge is -2.21. The first kappa shape index (κ1) is 23.1. The third-order valence-corrected chi connectivity index (χ3v) is 6.74. The first-order chi connectivity index (χ1) is 15.7. The van der Waals surface area contributed by atoms with E-state index in [9.17, 15) is 9.59 Å². The number of methoxy groups -OCH3 is 1. The predicted molar refractivity (Wildman–Crippen MR) is 128 cm³/mol. The second-order valence-electron chi connectivity index (χ2n) is 8.96. The molecule has 2 aliphatic heterocycles. The molecule has 0 saturated carbocycles. The fourth-order valence-electron chi connectivity index (χ4n) is 5.03. The molecular formula is C27H32N2O4. The molecule has 1 atom stereocenters. The average Bonchev–Trinajstić information content (AvgIpc) is 3.44. The Kier molecular flexibility index (Phi) is 6.30. The highest BCUT2D eigenvalue weighted by molar-refractivity contribution is 6.16. The highest BCUT2D eigenvalue weighted by Gasteiger charge is 2.38. The van der Waals surface area contributed by atoms with Crippen LogP contribution in [0.5, 0.6) is 0 Å². The highest BCUT2D eigenvalue weighted by atomic mass is 16.5. The van der Waals surface area contributed by atoms with Crippen LogP contribution in [-0.2, 0) is 19.1 Å². The van der Waals surface area contributed by atoms with Crippen LogP contribution in [-0.4, -0.2) is 47.7 Å². The number of hydrogen-bond donors (Lipinski definition) is 0. The van der Waals surface area contributed by atoms with E-state index in [1.165, 1.54) is 18.2 Å². The maximum Gasteiger partial charge on any atom is 0.340 e. The maximum atomic E-state index is 13.5. The molecule has 33 heavy (non-hydrogen) atoms. The Hall–Kier alpha value is -3.12. The molecule has 0 spiro atoms. The number of aryl methyl sites for hydroxylation is 3. The first-order valence-corrected chi connectivity index (χ1v) is 11.4. The van der Waals surface area contributed by atoms with Crippen LogP contribution in [0.3, 0.4) is 0 Å². The van der Waals surface area contributed by atoms with Crippen LogP contribution in [0.15, 0.2) is 41.1 Å². The van der Waals surface area contributed by atoms with Crippen molar-refractivity contribution in [1.82, 2.24) is 9.47 Å². The van der Waals surface area contributed by atoms with Gasteiger partial charge in [-0.2, -0.15) is 0 Å². The topological polar surface area (TPSA) is 60.8 Å². The van der Waals surface area contributed by atoms with Crippen molar-refractivity contribution in [3.63, 3.8) is 0 Å². The third-order valence-electron chi connectivity index (χ3n) is 6.74.